The van der Waals surface area contributed by atoms with Crippen molar-refractivity contribution >= 4 is 17.3 Å². The number of carbonyl (C=O) groups is 1. The van der Waals surface area contributed by atoms with E-state index in [9.17, 15) is 14.9 Å². The second kappa shape index (κ2) is 7.12. The maximum Gasteiger partial charge on any atom is 0.269 e. The van der Waals surface area contributed by atoms with Gasteiger partial charge in [0.15, 0.2) is 0 Å². The Balaban J connectivity index is 1.62. The minimum Gasteiger partial charge on any atom is -0.382 e. The molecule has 7 heteroatoms. The standard InChI is InChI=1S/C18H17N3O4/c1-12(14-8-5-9-15(10-14)21(23)24)19-18(22)17-11-16(20-25-17)13-6-3-2-4-7-13/h2-10,12,17H,11H2,1H3,(H,19,22)/t12-,17+/m0/s1. The van der Waals surface area contributed by atoms with Gasteiger partial charge in [0.1, 0.15) is 0 Å². The van der Waals surface area contributed by atoms with Gasteiger partial charge >= 0.3 is 0 Å². The number of nitrogens with one attached hydrogen (secondary N) is 1. The molecule has 0 spiro atoms. The minimum atomic E-state index is -0.698. The van der Waals surface area contributed by atoms with Gasteiger partial charge in [0.2, 0.25) is 6.10 Å². The fourth-order valence-corrected chi connectivity index (χ4v) is 2.62. The first kappa shape index (κ1) is 16.6. The van der Waals surface area contributed by atoms with E-state index in [-0.39, 0.29) is 17.6 Å². The lowest BCUT2D eigenvalue weighted by molar-refractivity contribution is -0.384. The number of oxime groups is 1. The number of non-ortho nitro benzene ring substituents is 1. The highest BCUT2D eigenvalue weighted by Gasteiger charge is 2.29. The molecular formula is C18H17N3O4. The van der Waals surface area contributed by atoms with Crippen LogP contribution in [0.1, 0.15) is 30.5 Å². The molecule has 0 bridgehead atoms. The van der Waals surface area contributed by atoms with Crippen LogP contribution in [0.4, 0.5) is 5.69 Å². The van der Waals surface area contributed by atoms with E-state index in [1.165, 1.54) is 12.1 Å². The summed E-state index contributed by atoms with van der Waals surface area (Å²) >= 11 is 0. The van der Waals surface area contributed by atoms with E-state index in [4.69, 9.17) is 4.84 Å². The molecule has 0 fully saturated rings. The van der Waals surface area contributed by atoms with Crippen molar-refractivity contribution in [3.8, 4) is 0 Å². The van der Waals surface area contributed by atoms with Crippen LogP contribution < -0.4 is 5.32 Å². The molecule has 1 heterocycles. The van der Waals surface area contributed by atoms with Gasteiger partial charge < -0.3 is 10.2 Å². The SMILES string of the molecule is C[C@H](NC(=O)[C@H]1CC(c2ccccc2)=NO1)c1cccc([N+](=O)[O-])c1. The van der Waals surface area contributed by atoms with Crippen molar-refractivity contribution in [3.05, 3.63) is 75.8 Å². The van der Waals surface area contributed by atoms with E-state index in [2.05, 4.69) is 10.5 Å². The molecule has 7 nitrogen and oxygen atoms in total. The first-order valence-corrected chi connectivity index (χ1v) is 7.87. The molecule has 3 rings (SSSR count). The largest absolute Gasteiger partial charge is 0.382 e. The van der Waals surface area contributed by atoms with E-state index < -0.39 is 11.0 Å². The average molecular weight is 339 g/mol. The Kier molecular flexibility index (Phi) is 4.74. The number of nitrogens with zero attached hydrogens (tertiary/aromatic N) is 2. The van der Waals surface area contributed by atoms with Crippen LogP contribution in [0.25, 0.3) is 0 Å². The molecule has 1 aliphatic rings. The molecule has 0 aromatic heterocycles. The Morgan fingerprint density at radius 2 is 2.04 bits per heavy atom. The number of benzene rings is 2. The topological polar surface area (TPSA) is 93.8 Å². The Bertz CT molecular complexity index is 820. The maximum absolute atomic E-state index is 12.4. The molecule has 0 radical (unpaired) electrons. The highest BCUT2D eigenvalue weighted by Crippen LogP contribution is 2.21. The van der Waals surface area contributed by atoms with E-state index in [0.29, 0.717) is 12.0 Å². The third-order valence-corrected chi connectivity index (χ3v) is 4.01. The number of carbonyl (C=O) groups excluding carboxylic acids is 1. The number of nitro benzene ring substituents is 1. The summed E-state index contributed by atoms with van der Waals surface area (Å²) in [5.41, 5.74) is 2.29. The quantitative estimate of drug-likeness (QED) is 0.669. The lowest BCUT2D eigenvalue weighted by Gasteiger charge is -2.16. The summed E-state index contributed by atoms with van der Waals surface area (Å²) in [6, 6.07) is 15.3. The summed E-state index contributed by atoms with van der Waals surface area (Å²) < 4.78 is 0. The van der Waals surface area contributed by atoms with Crippen molar-refractivity contribution in [1.82, 2.24) is 5.32 Å². The molecular weight excluding hydrogens is 322 g/mol. The van der Waals surface area contributed by atoms with E-state index in [1.807, 2.05) is 30.3 Å². The third-order valence-electron chi connectivity index (χ3n) is 4.01. The highest BCUT2D eigenvalue weighted by atomic mass is 16.6. The van der Waals surface area contributed by atoms with Crippen molar-refractivity contribution in [2.45, 2.75) is 25.5 Å². The van der Waals surface area contributed by atoms with Gasteiger partial charge in [0.05, 0.1) is 16.7 Å². The van der Waals surface area contributed by atoms with Gasteiger partial charge in [-0.2, -0.15) is 0 Å². The second-order valence-electron chi connectivity index (χ2n) is 5.78. The molecule has 2 aromatic carbocycles. The predicted octanol–water partition coefficient (Wildman–Crippen LogP) is 2.97. The molecule has 0 aliphatic carbocycles. The zero-order valence-electron chi connectivity index (χ0n) is 13.6. The number of rotatable bonds is 5. The van der Waals surface area contributed by atoms with Crippen molar-refractivity contribution in [2.75, 3.05) is 0 Å². The fourth-order valence-electron chi connectivity index (χ4n) is 2.62. The van der Waals surface area contributed by atoms with Crippen LogP contribution >= 0.6 is 0 Å². The summed E-state index contributed by atoms with van der Waals surface area (Å²) in [5.74, 6) is -0.298. The summed E-state index contributed by atoms with van der Waals surface area (Å²) in [6.07, 6.45) is -0.311. The first-order chi connectivity index (χ1) is 12.0. The van der Waals surface area contributed by atoms with Crippen molar-refractivity contribution in [3.63, 3.8) is 0 Å². The Hall–Kier alpha value is -3.22. The van der Waals surface area contributed by atoms with Crippen LogP contribution in [0.3, 0.4) is 0 Å². The average Bonchev–Trinajstić information content (AvgIpc) is 3.13. The lowest BCUT2D eigenvalue weighted by atomic mass is 10.0. The molecule has 1 amide bonds. The van der Waals surface area contributed by atoms with Crippen molar-refractivity contribution in [2.24, 2.45) is 5.16 Å². The van der Waals surface area contributed by atoms with E-state index >= 15 is 0 Å². The van der Waals surface area contributed by atoms with Crippen LogP contribution in [-0.2, 0) is 9.63 Å². The molecule has 2 aromatic rings. The molecule has 0 saturated carbocycles. The van der Waals surface area contributed by atoms with Gasteiger partial charge in [-0.15, -0.1) is 0 Å². The molecule has 0 unspecified atom stereocenters. The number of hydrogen-bond donors (Lipinski definition) is 1. The first-order valence-electron chi connectivity index (χ1n) is 7.87. The monoisotopic (exact) mass is 339 g/mol. The van der Waals surface area contributed by atoms with Gasteiger partial charge in [-0.25, -0.2) is 0 Å². The summed E-state index contributed by atoms with van der Waals surface area (Å²) in [5, 5.41) is 17.7. The normalized spacial score (nSPS) is 17.3. The van der Waals surface area contributed by atoms with Crippen LogP contribution in [-0.4, -0.2) is 22.6 Å². The summed E-state index contributed by atoms with van der Waals surface area (Å²) in [6.45, 7) is 1.77. The molecule has 1 N–H and O–H groups in total. The number of nitro groups is 1. The Morgan fingerprint density at radius 3 is 2.76 bits per heavy atom. The van der Waals surface area contributed by atoms with Crippen LogP contribution in [0.2, 0.25) is 0 Å². The van der Waals surface area contributed by atoms with Crippen molar-refractivity contribution < 1.29 is 14.6 Å². The van der Waals surface area contributed by atoms with Gasteiger partial charge in [-0.3, -0.25) is 14.9 Å². The van der Waals surface area contributed by atoms with Gasteiger partial charge in [0.25, 0.3) is 11.6 Å². The van der Waals surface area contributed by atoms with Crippen LogP contribution in [0.15, 0.2) is 59.8 Å². The zero-order chi connectivity index (χ0) is 17.8. The second-order valence-corrected chi connectivity index (χ2v) is 5.78. The predicted molar refractivity (Wildman–Crippen MR) is 92.1 cm³/mol. The lowest BCUT2D eigenvalue weighted by Crippen LogP contribution is -2.36. The minimum absolute atomic E-state index is 0.00888. The highest BCUT2D eigenvalue weighted by molar-refractivity contribution is 6.04. The Morgan fingerprint density at radius 1 is 1.28 bits per heavy atom. The third kappa shape index (κ3) is 3.82. The molecule has 2 atom stereocenters. The summed E-state index contributed by atoms with van der Waals surface area (Å²) in [7, 11) is 0. The van der Waals surface area contributed by atoms with Crippen molar-refractivity contribution in [1.29, 1.82) is 0 Å². The maximum atomic E-state index is 12.4. The van der Waals surface area contributed by atoms with Gasteiger partial charge in [-0.05, 0) is 18.1 Å². The molecule has 128 valence electrons. The van der Waals surface area contributed by atoms with E-state index in [1.54, 1.807) is 19.1 Å². The Labute approximate surface area is 144 Å². The molecule has 25 heavy (non-hydrogen) atoms. The number of amides is 1. The number of hydrogen-bond acceptors (Lipinski definition) is 5. The zero-order valence-corrected chi connectivity index (χ0v) is 13.6. The molecule has 0 saturated heterocycles. The van der Waals surface area contributed by atoms with E-state index in [0.717, 1.165) is 11.3 Å². The van der Waals surface area contributed by atoms with Crippen LogP contribution in [0, 0.1) is 10.1 Å². The smallest absolute Gasteiger partial charge is 0.269 e. The van der Waals surface area contributed by atoms with Crippen LogP contribution in [0.5, 0.6) is 0 Å². The fraction of sp³-hybridized carbons (Fsp3) is 0.222. The van der Waals surface area contributed by atoms with Gasteiger partial charge in [0, 0.05) is 18.6 Å². The van der Waals surface area contributed by atoms with Gasteiger partial charge in [-0.1, -0.05) is 47.6 Å². The summed E-state index contributed by atoms with van der Waals surface area (Å²) in [4.78, 5) is 28.0. The molecule has 1 aliphatic heterocycles.